The van der Waals surface area contributed by atoms with E-state index in [1.165, 1.54) is 12.8 Å². The van der Waals surface area contributed by atoms with Gasteiger partial charge in [0.2, 0.25) is 5.91 Å². The van der Waals surface area contributed by atoms with Crippen molar-refractivity contribution in [1.82, 2.24) is 24.9 Å². The molecule has 7 heteroatoms. The number of aromatic nitrogens is 2. The van der Waals surface area contributed by atoms with E-state index in [2.05, 4.69) is 10.4 Å². The summed E-state index contributed by atoms with van der Waals surface area (Å²) in [5.74, 6) is 0.00645. The van der Waals surface area contributed by atoms with Crippen molar-refractivity contribution in [2.75, 3.05) is 20.1 Å². The lowest BCUT2D eigenvalue weighted by Gasteiger charge is -2.34. The molecule has 0 spiro atoms. The summed E-state index contributed by atoms with van der Waals surface area (Å²) < 4.78 is 1.74. The van der Waals surface area contributed by atoms with Gasteiger partial charge in [0.05, 0.1) is 12.1 Å². The van der Waals surface area contributed by atoms with Gasteiger partial charge in [-0.15, -0.1) is 0 Å². The average molecular weight is 347 g/mol. The molecule has 2 aliphatic rings. The highest BCUT2D eigenvalue weighted by atomic mass is 16.2. The number of urea groups is 1. The first-order valence-electron chi connectivity index (χ1n) is 9.31. The highest BCUT2D eigenvalue weighted by molar-refractivity contribution is 5.80. The second-order valence-corrected chi connectivity index (χ2v) is 7.43. The van der Waals surface area contributed by atoms with Crippen LogP contribution in [0.15, 0.2) is 12.4 Å². The van der Waals surface area contributed by atoms with Gasteiger partial charge in [0.25, 0.3) is 0 Å². The third-order valence-electron chi connectivity index (χ3n) is 5.29. The number of carbonyl (C=O) groups is 2. The smallest absolute Gasteiger partial charge is 0.317 e. The first kappa shape index (κ1) is 17.8. The number of rotatable bonds is 4. The molecule has 1 aliphatic heterocycles. The Hall–Kier alpha value is -2.05. The highest BCUT2D eigenvalue weighted by Gasteiger charge is 2.31. The Kier molecular flexibility index (Phi) is 5.60. The minimum atomic E-state index is -0.107. The third kappa shape index (κ3) is 4.52. The lowest BCUT2D eigenvalue weighted by atomic mass is 9.96. The van der Waals surface area contributed by atoms with E-state index in [1.807, 2.05) is 25.2 Å². The van der Waals surface area contributed by atoms with Gasteiger partial charge < -0.3 is 15.1 Å². The largest absolute Gasteiger partial charge is 0.341 e. The Morgan fingerprint density at radius 1 is 1.28 bits per heavy atom. The van der Waals surface area contributed by atoms with E-state index in [-0.39, 0.29) is 17.9 Å². The quantitative estimate of drug-likeness (QED) is 0.902. The van der Waals surface area contributed by atoms with E-state index in [1.54, 1.807) is 15.8 Å². The number of hydrogen-bond acceptors (Lipinski definition) is 3. The Bertz CT molecular complexity index is 608. The van der Waals surface area contributed by atoms with Crippen LogP contribution in [0.4, 0.5) is 4.79 Å². The van der Waals surface area contributed by atoms with Crippen LogP contribution in [0.5, 0.6) is 0 Å². The summed E-state index contributed by atoms with van der Waals surface area (Å²) >= 11 is 0. The van der Waals surface area contributed by atoms with Gasteiger partial charge in [-0.3, -0.25) is 9.48 Å². The molecule has 1 atom stereocenters. The molecule has 1 aromatic heterocycles. The van der Waals surface area contributed by atoms with Crippen molar-refractivity contribution in [1.29, 1.82) is 0 Å². The molecule has 3 amide bonds. The standard InChI is InChI=1S/C18H29N5O2/c1-21(11-14-10-19-22(2)12-14)17(24)15-6-5-9-23(13-15)18(25)20-16-7-3-4-8-16/h10,12,15-16H,3-9,11,13H2,1-2H3,(H,20,25)/t15-/m0/s1. The van der Waals surface area contributed by atoms with Crippen molar-refractivity contribution in [2.24, 2.45) is 13.0 Å². The lowest BCUT2D eigenvalue weighted by molar-refractivity contribution is -0.136. The molecule has 138 valence electrons. The molecule has 7 nitrogen and oxygen atoms in total. The molecule has 0 unspecified atom stereocenters. The van der Waals surface area contributed by atoms with Gasteiger partial charge in [-0.1, -0.05) is 12.8 Å². The summed E-state index contributed by atoms with van der Waals surface area (Å²) in [6, 6.07) is 0.316. The molecular formula is C18H29N5O2. The van der Waals surface area contributed by atoms with Crippen LogP contribution in [0.1, 0.15) is 44.1 Å². The van der Waals surface area contributed by atoms with Crippen LogP contribution in [-0.2, 0) is 18.4 Å². The van der Waals surface area contributed by atoms with Crippen LogP contribution in [0.2, 0.25) is 0 Å². The number of carbonyl (C=O) groups excluding carboxylic acids is 2. The van der Waals surface area contributed by atoms with Gasteiger partial charge in [0.1, 0.15) is 0 Å². The zero-order chi connectivity index (χ0) is 17.8. The van der Waals surface area contributed by atoms with Gasteiger partial charge in [-0.05, 0) is 25.7 Å². The van der Waals surface area contributed by atoms with Crippen LogP contribution in [0.25, 0.3) is 0 Å². The Labute approximate surface area is 149 Å². The zero-order valence-electron chi connectivity index (χ0n) is 15.3. The number of aryl methyl sites for hydroxylation is 1. The molecule has 0 radical (unpaired) electrons. The van der Waals surface area contributed by atoms with Crippen molar-refractivity contribution in [2.45, 2.75) is 51.1 Å². The van der Waals surface area contributed by atoms with E-state index >= 15 is 0 Å². The number of hydrogen-bond donors (Lipinski definition) is 1. The molecule has 1 aromatic rings. The molecule has 1 aliphatic carbocycles. The molecular weight excluding hydrogens is 318 g/mol. The maximum Gasteiger partial charge on any atom is 0.317 e. The first-order valence-corrected chi connectivity index (χ1v) is 9.31. The molecule has 2 fully saturated rings. The van der Waals surface area contributed by atoms with E-state index in [0.717, 1.165) is 37.8 Å². The monoisotopic (exact) mass is 347 g/mol. The van der Waals surface area contributed by atoms with Gasteiger partial charge in [-0.2, -0.15) is 5.10 Å². The predicted molar refractivity (Wildman–Crippen MR) is 94.8 cm³/mol. The van der Waals surface area contributed by atoms with Crippen molar-refractivity contribution >= 4 is 11.9 Å². The summed E-state index contributed by atoms with van der Waals surface area (Å²) in [6.45, 7) is 1.82. The van der Waals surface area contributed by atoms with Crippen LogP contribution >= 0.6 is 0 Å². The summed E-state index contributed by atoms with van der Waals surface area (Å²) in [5.41, 5.74) is 1.02. The van der Waals surface area contributed by atoms with Crippen LogP contribution in [0, 0.1) is 5.92 Å². The molecule has 1 N–H and O–H groups in total. The number of amides is 3. The molecule has 0 aromatic carbocycles. The zero-order valence-corrected chi connectivity index (χ0v) is 15.3. The first-order chi connectivity index (χ1) is 12.0. The second-order valence-electron chi connectivity index (χ2n) is 7.43. The van der Waals surface area contributed by atoms with Crippen molar-refractivity contribution < 1.29 is 9.59 Å². The predicted octanol–water partition coefficient (Wildman–Crippen LogP) is 1.74. The lowest BCUT2D eigenvalue weighted by Crippen LogP contribution is -2.50. The van der Waals surface area contributed by atoms with Crippen molar-refractivity contribution in [3.8, 4) is 0 Å². The van der Waals surface area contributed by atoms with Gasteiger partial charge in [-0.25, -0.2) is 4.79 Å². The molecule has 3 rings (SSSR count). The minimum absolute atomic E-state index is 0.000637. The fourth-order valence-corrected chi connectivity index (χ4v) is 3.92. The van der Waals surface area contributed by atoms with Crippen LogP contribution in [-0.4, -0.2) is 57.7 Å². The molecule has 2 heterocycles. The van der Waals surface area contributed by atoms with Gasteiger partial charge >= 0.3 is 6.03 Å². The fourth-order valence-electron chi connectivity index (χ4n) is 3.92. The summed E-state index contributed by atoms with van der Waals surface area (Å²) in [4.78, 5) is 28.8. The third-order valence-corrected chi connectivity index (χ3v) is 5.29. The minimum Gasteiger partial charge on any atom is -0.341 e. The Morgan fingerprint density at radius 2 is 2.04 bits per heavy atom. The van der Waals surface area contributed by atoms with Crippen molar-refractivity contribution in [3.05, 3.63) is 18.0 Å². The molecule has 1 saturated carbocycles. The van der Waals surface area contributed by atoms with E-state index in [4.69, 9.17) is 0 Å². The normalized spacial score (nSPS) is 21.4. The molecule has 25 heavy (non-hydrogen) atoms. The second kappa shape index (κ2) is 7.89. The molecule has 0 bridgehead atoms. The number of piperidine rings is 1. The maximum absolute atomic E-state index is 12.8. The number of likely N-dealkylation sites (tertiary alicyclic amines) is 1. The van der Waals surface area contributed by atoms with Crippen LogP contribution < -0.4 is 5.32 Å². The Balaban J connectivity index is 1.52. The maximum atomic E-state index is 12.8. The number of nitrogens with one attached hydrogen (secondary N) is 1. The Morgan fingerprint density at radius 3 is 2.72 bits per heavy atom. The summed E-state index contributed by atoms with van der Waals surface area (Å²) in [6.07, 6.45) is 10.00. The average Bonchev–Trinajstić information content (AvgIpc) is 3.26. The number of nitrogens with zero attached hydrogens (tertiary/aromatic N) is 4. The molecule has 1 saturated heterocycles. The summed E-state index contributed by atoms with van der Waals surface area (Å²) in [5, 5.41) is 7.27. The fraction of sp³-hybridized carbons (Fsp3) is 0.722. The van der Waals surface area contributed by atoms with E-state index < -0.39 is 0 Å². The van der Waals surface area contributed by atoms with Crippen LogP contribution in [0.3, 0.4) is 0 Å². The van der Waals surface area contributed by atoms with E-state index in [0.29, 0.717) is 19.1 Å². The topological polar surface area (TPSA) is 70.5 Å². The van der Waals surface area contributed by atoms with Gasteiger partial charge in [0, 0.05) is 51.5 Å². The van der Waals surface area contributed by atoms with E-state index in [9.17, 15) is 9.59 Å². The SMILES string of the molecule is CN(Cc1cnn(C)c1)C(=O)[C@H]1CCCN(C(=O)NC2CCCC2)C1. The summed E-state index contributed by atoms with van der Waals surface area (Å²) in [7, 11) is 3.69. The highest BCUT2D eigenvalue weighted by Crippen LogP contribution is 2.21. The van der Waals surface area contributed by atoms with Crippen molar-refractivity contribution in [3.63, 3.8) is 0 Å². The van der Waals surface area contributed by atoms with Gasteiger partial charge in [0.15, 0.2) is 0 Å².